The zero-order valence-corrected chi connectivity index (χ0v) is 11.2. The predicted molar refractivity (Wildman–Crippen MR) is 71.5 cm³/mol. The zero-order chi connectivity index (χ0) is 13.8. The lowest BCUT2D eigenvalue weighted by Crippen LogP contribution is -2.34. The Labute approximate surface area is 112 Å². The van der Waals surface area contributed by atoms with E-state index in [4.69, 9.17) is 14.2 Å². The van der Waals surface area contributed by atoms with Gasteiger partial charge in [-0.1, -0.05) is 0 Å². The van der Waals surface area contributed by atoms with Gasteiger partial charge in [0, 0.05) is 19.9 Å². The molecule has 0 aromatic heterocycles. The van der Waals surface area contributed by atoms with Crippen LogP contribution >= 0.6 is 0 Å². The highest BCUT2D eigenvalue weighted by atomic mass is 16.7. The highest BCUT2D eigenvalue weighted by Gasteiger charge is 2.23. The molecule has 0 aliphatic carbocycles. The first-order valence-electron chi connectivity index (χ1n) is 6.05. The molecule has 0 bridgehead atoms. The zero-order valence-electron chi connectivity index (χ0n) is 11.2. The molecule has 1 atom stereocenters. The van der Waals surface area contributed by atoms with Crippen LogP contribution in [-0.2, 0) is 14.3 Å². The van der Waals surface area contributed by atoms with Crippen LogP contribution in [0.15, 0.2) is 18.2 Å². The van der Waals surface area contributed by atoms with Crippen LogP contribution in [0.1, 0.15) is 6.92 Å². The highest BCUT2D eigenvalue weighted by molar-refractivity contribution is 5.98. The van der Waals surface area contributed by atoms with Crippen molar-refractivity contribution in [3.8, 4) is 5.75 Å². The van der Waals surface area contributed by atoms with Crippen molar-refractivity contribution in [2.24, 2.45) is 0 Å². The molecule has 1 aromatic carbocycles. The molecule has 0 saturated carbocycles. The van der Waals surface area contributed by atoms with Gasteiger partial charge in [0.15, 0.2) is 12.4 Å². The van der Waals surface area contributed by atoms with E-state index < -0.39 is 6.10 Å². The molecule has 0 saturated heterocycles. The third kappa shape index (κ3) is 3.15. The minimum absolute atomic E-state index is 0.142. The lowest BCUT2D eigenvalue weighted by atomic mass is 10.2. The molecule has 2 rings (SSSR count). The number of rotatable bonds is 5. The molecule has 0 radical (unpaired) electrons. The van der Waals surface area contributed by atoms with E-state index >= 15 is 0 Å². The van der Waals surface area contributed by atoms with E-state index in [1.165, 1.54) is 0 Å². The van der Waals surface area contributed by atoms with Gasteiger partial charge in [-0.05, 0) is 25.1 Å². The summed E-state index contributed by atoms with van der Waals surface area (Å²) in [5.41, 5.74) is 1.52. The summed E-state index contributed by atoms with van der Waals surface area (Å²) in [7, 11) is 3.16. The number of ether oxygens (including phenoxy) is 3. The van der Waals surface area contributed by atoms with Crippen molar-refractivity contribution in [1.82, 2.24) is 0 Å². The molecule has 1 heterocycles. The molecular weight excluding hydrogens is 248 g/mol. The molecule has 6 nitrogen and oxygen atoms in total. The Morgan fingerprint density at radius 3 is 2.84 bits per heavy atom. The SMILES string of the molecule is COC(CNc1ccc2c(c1)NC(=O)C(C)O2)OC. The monoisotopic (exact) mass is 266 g/mol. The molecule has 1 aromatic rings. The number of anilines is 2. The Balaban J connectivity index is 2.05. The molecule has 104 valence electrons. The first-order chi connectivity index (χ1) is 9.13. The lowest BCUT2D eigenvalue weighted by Gasteiger charge is -2.24. The van der Waals surface area contributed by atoms with Crippen LogP contribution in [0.2, 0.25) is 0 Å². The van der Waals surface area contributed by atoms with Crippen LogP contribution in [0.25, 0.3) is 0 Å². The van der Waals surface area contributed by atoms with Gasteiger partial charge < -0.3 is 24.8 Å². The number of carbonyl (C=O) groups is 1. The molecule has 1 aliphatic heterocycles. The maximum absolute atomic E-state index is 11.5. The topological polar surface area (TPSA) is 68.8 Å². The number of hydrogen-bond acceptors (Lipinski definition) is 5. The van der Waals surface area contributed by atoms with Gasteiger partial charge in [-0.3, -0.25) is 4.79 Å². The molecule has 1 aliphatic rings. The number of methoxy groups -OCH3 is 2. The summed E-state index contributed by atoms with van der Waals surface area (Å²) in [6.45, 7) is 2.23. The molecule has 2 N–H and O–H groups in total. The molecule has 1 amide bonds. The van der Waals surface area contributed by atoms with Crippen LogP contribution in [0.3, 0.4) is 0 Å². The fourth-order valence-corrected chi connectivity index (χ4v) is 1.78. The average Bonchev–Trinajstić information content (AvgIpc) is 2.41. The van der Waals surface area contributed by atoms with Crippen molar-refractivity contribution in [2.45, 2.75) is 19.3 Å². The summed E-state index contributed by atoms with van der Waals surface area (Å²) in [4.78, 5) is 11.5. The molecular formula is C13H18N2O4. The van der Waals surface area contributed by atoms with Crippen molar-refractivity contribution in [3.05, 3.63) is 18.2 Å². The van der Waals surface area contributed by atoms with Gasteiger partial charge in [0.25, 0.3) is 5.91 Å². The largest absolute Gasteiger partial charge is 0.479 e. The molecule has 0 fully saturated rings. The average molecular weight is 266 g/mol. The number of benzene rings is 1. The van der Waals surface area contributed by atoms with Crippen LogP contribution in [0.4, 0.5) is 11.4 Å². The third-order valence-electron chi connectivity index (χ3n) is 2.91. The molecule has 6 heteroatoms. The van der Waals surface area contributed by atoms with Gasteiger partial charge >= 0.3 is 0 Å². The minimum atomic E-state index is -0.460. The van der Waals surface area contributed by atoms with E-state index in [-0.39, 0.29) is 12.2 Å². The fraction of sp³-hybridized carbons (Fsp3) is 0.462. The van der Waals surface area contributed by atoms with Crippen molar-refractivity contribution < 1.29 is 19.0 Å². The third-order valence-corrected chi connectivity index (χ3v) is 2.91. The van der Waals surface area contributed by atoms with Crippen LogP contribution in [0, 0.1) is 0 Å². The predicted octanol–water partition coefficient (Wildman–Crippen LogP) is 1.44. The van der Waals surface area contributed by atoms with E-state index in [0.29, 0.717) is 18.0 Å². The maximum Gasteiger partial charge on any atom is 0.265 e. The minimum Gasteiger partial charge on any atom is -0.479 e. The smallest absolute Gasteiger partial charge is 0.265 e. The highest BCUT2D eigenvalue weighted by Crippen LogP contribution is 2.32. The Kier molecular flexibility index (Phi) is 4.24. The van der Waals surface area contributed by atoms with E-state index in [9.17, 15) is 4.79 Å². The van der Waals surface area contributed by atoms with Crippen LogP contribution in [0.5, 0.6) is 5.75 Å². The van der Waals surface area contributed by atoms with Gasteiger partial charge in [-0.2, -0.15) is 0 Å². The summed E-state index contributed by atoms with van der Waals surface area (Å²) in [6.07, 6.45) is -0.778. The van der Waals surface area contributed by atoms with Crippen molar-refractivity contribution >= 4 is 17.3 Å². The summed E-state index contributed by atoms with van der Waals surface area (Å²) in [6, 6.07) is 5.52. The fourth-order valence-electron chi connectivity index (χ4n) is 1.78. The normalized spacial score (nSPS) is 17.7. The first kappa shape index (κ1) is 13.6. The van der Waals surface area contributed by atoms with Gasteiger partial charge in [-0.15, -0.1) is 0 Å². The van der Waals surface area contributed by atoms with Gasteiger partial charge in [0.1, 0.15) is 5.75 Å². The van der Waals surface area contributed by atoms with Gasteiger partial charge in [-0.25, -0.2) is 0 Å². The van der Waals surface area contributed by atoms with Crippen LogP contribution < -0.4 is 15.4 Å². The molecule has 1 unspecified atom stereocenters. The summed E-state index contributed by atoms with van der Waals surface area (Å²) in [5, 5.41) is 5.97. The number of amides is 1. The number of nitrogens with one attached hydrogen (secondary N) is 2. The van der Waals surface area contributed by atoms with E-state index in [1.54, 1.807) is 21.1 Å². The van der Waals surface area contributed by atoms with Crippen molar-refractivity contribution in [1.29, 1.82) is 0 Å². The number of fused-ring (bicyclic) bond motifs is 1. The first-order valence-corrected chi connectivity index (χ1v) is 6.05. The number of carbonyl (C=O) groups excluding carboxylic acids is 1. The second-order valence-electron chi connectivity index (χ2n) is 4.24. The maximum atomic E-state index is 11.5. The van der Waals surface area contributed by atoms with Crippen molar-refractivity contribution in [3.63, 3.8) is 0 Å². The number of hydrogen-bond donors (Lipinski definition) is 2. The Bertz CT molecular complexity index is 460. The second-order valence-corrected chi connectivity index (χ2v) is 4.24. The van der Waals surface area contributed by atoms with Crippen LogP contribution in [-0.4, -0.2) is 39.1 Å². The summed E-state index contributed by atoms with van der Waals surface area (Å²) < 4.78 is 15.6. The van der Waals surface area contributed by atoms with Crippen molar-refractivity contribution in [2.75, 3.05) is 31.4 Å². The van der Waals surface area contributed by atoms with E-state index in [2.05, 4.69) is 10.6 Å². The lowest BCUT2D eigenvalue weighted by molar-refractivity contribution is -0.122. The standard InChI is InChI=1S/C13H18N2O4/c1-8-13(16)15-10-6-9(4-5-11(10)19-8)14-7-12(17-2)18-3/h4-6,8,12,14H,7H2,1-3H3,(H,15,16). The Hall–Kier alpha value is -1.79. The Morgan fingerprint density at radius 1 is 1.42 bits per heavy atom. The molecule has 0 spiro atoms. The second kappa shape index (κ2) is 5.90. The quantitative estimate of drug-likeness (QED) is 0.789. The van der Waals surface area contributed by atoms with Gasteiger partial charge in [0.2, 0.25) is 0 Å². The summed E-state index contributed by atoms with van der Waals surface area (Å²) in [5.74, 6) is 0.531. The Morgan fingerprint density at radius 2 is 2.16 bits per heavy atom. The molecule has 19 heavy (non-hydrogen) atoms. The van der Waals surface area contributed by atoms with E-state index in [0.717, 1.165) is 5.69 Å². The summed E-state index contributed by atoms with van der Waals surface area (Å²) >= 11 is 0. The van der Waals surface area contributed by atoms with E-state index in [1.807, 2.05) is 18.2 Å². The van der Waals surface area contributed by atoms with Gasteiger partial charge in [0.05, 0.1) is 12.2 Å².